The molecule has 0 aliphatic carbocycles. The number of carbonyl (C=O) groups is 1. The van der Waals surface area contributed by atoms with Crippen LogP contribution in [0.3, 0.4) is 0 Å². The number of thiophene rings is 1. The van der Waals surface area contributed by atoms with E-state index in [1.165, 1.54) is 36.1 Å². The van der Waals surface area contributed by atoms with Crippen molar-refractivity contribution in [3.05, 3.63) is 59.0 Å². The lowest BCUT2D eigenvalue weighted by Gasteiger charge is -2.13. The molecule has 172 valence electrons. The Morgan fingerprint density at radius 3 is 2.36 bits per heavy atom. The summed E-state index contributed by atoms with van der Waals surface area (Å²) in [6, 6.07) is 13.7. The standard InChI is InChI=1S/C22H23N5O3S3/c1-12-16(14-7-9-15(10-8-14)27-22(25)26-13(2)28)5-4-6-18(12)33(29,30)19-11-17(20(23)24)32-21(19)31-3/h4-11H,1-3H3,(H3,23,24)(H3,25,26,27,28). The number of carbonyl (C=O) groups excluding carboxylic acids is 1. The summed E-state index contributed by atoms with van der Waals surface area (Å²) in [7, 11) is -3.83. The number of nitrogens with one attached hydrogen (secondary N) is 2. The zero-order valence-electron chi connectivity index (χ0n) is 18.2. The molecule has 0 spiro atoms. The van der Waals surface area contributed by atoms with Crippen LogP contribution in [0.4, 0.5) is 5.69 Å². The van der Waals surface area contributed by atoms with Gasteiger partial charge in [-0.1, -0.05) is 24.3 Å². The molecule has 0 radical (unpaired) electrons. The van der Waals surface area contributed by atoms with Crippen LogP contribution in [0.2, 0.25) is 0 Å². The summed E-state index contributed by atoms with van der Waals surface area (Å²) < 4.78 is 27.7. The molecule has 0 atom stereocenters. The van der Waals surface area contributed by atoms with Gasteiger partial charge in [0.25, 0.3) is 0 Å². The Labute approximate surface area is 200 Å². The molecular weight excluding hydrogens is 478 g/mol. The zero-order chi connectivity index (χ0) is 24.3. The highest BCUT2D eigenvalue weighted by Crippen LogP contribution is 2.39. The minimum atomic E-state index is -3.83. The van der Waals surface area contributed by atoms with Crippen LogP contribution in [-0.4, -0.2) is 32.4 Å². The molecule has 11 heteroatoms. The molecule has 0 bridgehead atoms. The maximum absolute atomic E-state index is 13.5. The number of sulfone groups is 1. The molecular formula is C22H23N5O3S3. The summed E-state index contributed by atoms with van der Waals surface area (Å²) in [6.45, 7) is 3.11. The van der Waals surface area contributed by atoms with Crippen molar-refractivity contribution in [1.82, 2.24) is 5.32 Å². The molecule has 0 aliphatic rings. The average molecular weight is 502 g/mol. The van der Waals surface area contributed by atoms with Gasteiger partial charge in [-0.05, 0) is 54.1 Å². The molecule has 0 unspecified atom stereocenters. The summed E-state index contributed by atoms with van der Waals surface area (Å²) in [5, 5.41) is 10.1. The number of hydrogen-bond acceptors (Lipinski definition) is 7. The second kappa shape index (κ2) is 9.77. The number of amidine groups is 1. The first-order valence-electron chi connectivity index (χ1n) is 9.63. The predicted molar refractivity (Wildman–Crippen MR) is 134 cm³/mol. The van der Waals surface area contributed by atoms with Gasteiger partial charge in [-0.2, -0.15) is 0 Å². The molecule has 8 nitrogen and oxygen atoms in total. The highest BCUT2D eigenvalue weighted by Gasteiger charge is 2.27. The number of aliphatic imine (C=N–C) groups is 1. The number of hydrogen-bond donors (Lipinski definition) is 4. The fourth-order valence-electron chi connectivity index (χ4n) is 3.22. The molecule has 1 heterocycles. The first-order valence-corrected chi connectivity index (χ1v) is 13.2. The monoisotopic (exact) mass is 501 g/mol. The summed E-state index contributed by atoms with van der Waals surface area (Å²) in [6.07, 6.45) is 1.79. The highest BCUT2D eigenvalue weighted by molar-refractivity contribution is 8.01. The summed E-state index contributed by atoms with van der Waals surface area (Å²) in [5.74, 6) is -0.485. The largest absolute Gasteiger partial charge is 0.383 e. The number of nitrogens with two attached hydrogens (primary N) is 2. The SMILES string of the molecule is CSc1sc(C(=N)N)cc1S(=O)(=O)c1cccc(-c2ccc(N=C(N)NC(C)=O)cc2)c1C. The van der Waals surface area contributed by atoms with E-state index in [9.17, 15) is 13.2 Å². The molecule has 1 aromatic heterocycles. The quantitative estimate of drug-likeness (QED) is 0.230. The molecule has 3 aromatic rings. The summed E-state index contributed by atoms with van der Waals surface area (Å²) in [4.78, 5) is 16.0. The minimum absolute atomic E-state index is 0.00943. The third-order valence-corrected chi connectivity index (χ3v) is 9.20. The first kappa shape index (κ1) is 24.5. The van der Waals surface area contributed by atoms with Crippen LogP contribution >= 0.6 is 23.1 Å². The van der Waals surface area contributed by atoms with Crippen molar-refractivity contribution in [2.24, 2.45) is 16.5 Å². The van der Waals surface area contributed by atoms with Crippen LogP contribution in [0, 0.1) is 12.3 Å². The average Bonchev–Trinajstić information content (AvgIpc) is 3.20. The van der Waals surface area contributed by atoms with E-state index in [-0.39, 0.29) is 27.5 Å². The molecule has 2 aromatic carbocycles. The minimum Gasteiger partial charge on any atom is -0.383 e. The van der Waals surface area contributed by atoms with Gasteiger partial charge in [0.15, 0.2) is 0 Å². The van der Waals surface area contributed by atoms with Gasteiger partial charge in [0.2, 0.25) is 21.7 Å². The van der Waals surface area contributed by atoms with Gasteiger partial charge in [-0.25, -0.2) is 13.4 Å². The van der Waals surface area contributed by atoms with Gasteiger partial charge in [-0.3, -0.25) is 15.5 Å². The van der Waals surface area contributed by atoms with Crippen LogP contribution < -0.4 is 16.8 Å². The van der Waals surface area contributed by atoms with Crippen molar-refractivity contribution >= 4 is 56.3 Å². The zero-order valence-corrected chi connectivity index (χ0v) is 20.6. The van der Waals surface area contributed by atoms with E-state index in [0.717, 1.165) is 11.1 Å². The van der Waals surface area contributed by atoms with E-state index in [2.05, 4.69) is 10.3 Å². The lowest BCUT2D eigenvalue weighted by molar-refractivity contribution is -0.117. The van der Waals surface area contributed by atoms with Crippen molar-refractivity contribution in [2.75, 3.05) is 6.26 Å². The number of benzene rings is 2. The fourth-order valence-corrected chi connectivity index (χ4v) is 7.34. The third-order valence-electron chi connectivity index (χ3n) is 4.71. The van der Waals surface area contributed by atoms with E-state index in [1.54, 1.807) is 37.4 Å². The van der Waals surface area contributed by atoms with E-state index in [1.807, 2.05) is 18.2 Å². The Balaban J connectivity index is 2.02. The molecule has 0 aliphatic heterocycles. The van der Waals surface area contributed by atoms with Gasteiger partial charge in [0.05, 0.1) is 24.6 Å². The lowest BCUT2D eigenvalue weighted by Crippen LogP contribution is -2.34. The second-order valence-corrected chi connectivity index (χ2v) is 11.1. The maximum atomic E-state index is 13.5. The lowest BCUT2D eigenvalue weighted by atomic mass is 10.0. The van der Waals surface area contributed by atoms with Crippen LogP contribution in [0.1, 0.15) is 17.4 Å². The topological polar surface area (TPSA) is 151 Å². The first-order chi connectivity index (χ1) is 15.5. The van der Waals surface area contributed by atoms with Crippen molar-refractivity contribution in [3.63, 3.8) is 0 Å². The Bertz CT molecular complexity index is 1360. The van der Waals surface area contributed by atoms with Gasteiger partial charge >= 0.3 is 0 Å². The molecule has 1 amide bonds. The van der Waals surface area contributed by atoms with Crippen LogP contribution in [0.5, 0.6) is 0 Å². The number of amides is 1. The van der Waals surface area contributed by atoms with E-state index < -0.39 is 9.84 Å². The predicted octanol–water partition coefficient (Wildman–Crippen LogP) is 3.64. The Morgan fingerprint density at radius 2 is 1.79 bits per heavy atom. The van der Waals surface area contributed by atoms with E-state index in [4.69, 9.17) is 16.9 Å². The van der Waals surface area contributed by atoms with Gasteiger partial charge in [0.1, 0.15) is 5.84 Å². The molecule has 0 saturated heterocycles. The Morgan fingerprint density at radius 1 is 1.12 bits per heavy atom. The third kappa shape index (κ3) is 5.27. The number of nitrogens with zero attached hydrogens (tertiary/aromatic N) is 1. The summed E-state index contributed by atoms with van der Waals surface area (Å²) >= 11 is 2.50. The van der Waals surface area contributed by atoms with E-state index in [0.29, 0.717) is 20.3 Å². The van der Waals surface area contributed by atoms with Gasteiger partial charge in [-0.15, -0.1) is 23.1 Å². The normalized spacial score (nSPS) is 11.9. The van der Waals surface area contributed by atoms with E-state index >= 15 is 0 Å². The fraction of sp³-hybridized carbons (Fsp3) is 0.136. The Hall–Kier alpha value is -3.15. The Kier molecular flexibility index (Phi) is 7.25. The van der Waals surface area contributed by atoms with Crippen LogP contribution in [0.25, 0.3) is 11.1 Å². The maximum Gasteiger partial charge on any atom is 0.223 e. The second-order valence-electron chi connectivity index (χ2n) is 7.04. The molecule has 3 rings (SSSR count). The van der Waals surface area contributed by atoms with Crippen molar-refractivity contribution in [1.29, 1.82) is 5.41 Å². The van der Waals surface area contributed by atoms with Gasteiger partial charge in [0, 0.05) is 6.92 Å². The highest BCUT2D eigenvalue weighted by atomic mass is 32.2. The van der Waals surface area contributed by atoms with Crippen LogP contribution in [0.15, 0.2) is 67.5 Å². The number of nitrogen functional groups attached to an aromatic ring is 1. The number of rotatable bonds is 6. The number of guanidine groups is 1. The molecule has 6 N–H and O–H groups in total. The molecule has 0 saturated carbocycles. The van der Waals surface area contributed by atoms with Crippen molar-refractivity contribution in [2.45, 2.75) is 27.8 Å². The van der Waals surface area contributed by atoms with Crippen LogP contribution in [-0.2, 0) is 14.6 Å². The smallest absolute Gasteiger partial charge is 0.223 e. The van der Waals surface area contributed by atoms with Crippen molar-refractivity contribution in [3.8, 4) is 11.1 Å². The number of thioether (sulfide) groups is 1. The summed E-state index contributed by atoms with van der Waals surface area (Å²) in [5.41, 5.74) is 14.0. The molecule has 33 heavy (non-hydrogen) atoms. The van der Waals surface area contributed by atoms with Gasteiger partial charge < -0.3 is 11.5 Å². The van der Waals surface area contributed by atoms with Crippen molar-refractivity contribution < 1.29 is 13.2 Å². The molecule has 0 fully saturated rings.